The molecule has 1 aromatic carbocycles. The number of esters is 1. The zero-order valence-electron chi connectivity index (χ0n) is 11.1. The molecule has 0 unspecified atom stereocenters. The highest BCUT2D eigenvalue weighted by atomic mass is 16.5. The van der Waals surface area contributed by atoms with E-state index in [1.54, 1.807) is 6.92 Å². The van der Waals surface area contributed by atoms with Gasteiger partial charge in [-0.3, -0.25) is 4.79 Å². The Balaban J connectivity index is 3.47. The van der Waals surface area contributed by atoms with Crippen LogP contribution in [0.3, 0.4) is 0 Å². The van der Waals surface area contributed by atoms with Crippen molar-refractivity contribution >= 4 is 11.8 Å². The summed E-state index contributed by atoms with van der Waals surface area (Å²) in [7, 11) is 4.11. The van der Waals surface area contributed by atoms with Gasteiger partial charge in [-0.05, 0) is 31.0 Å². The van der Waals surface area contributed by atoms with E-state index in [4.69, 9.17) is 9.47 Å². The first-order chi connectivity index (χ1) is 8.47. The predicted molar refractivity (Wildman–Crippen MR) is 65.4 cm³/mol. The lowest BCUT2D eigenvalue weighted by atomic mass is 10.0. The number of carbonyl (C=O) groups is 2. The van der Waals surface area contributed by atoms with Crippen molar-refractivity contribution in [2.45, 2.75) is 13.8 Å². The molecule has 5 heteroatoms. The molecule has 1 rings (SSSR count). The Morgan fingerprint density at radius 1 is 1.00 bits per heavy atom. The van der Waals surface area contributed by atoms with Crippen LogP contribution >= 0.6 is 0 Å². The minimum Gasteiger partial charge on any atom is -0.496 e. The van der Waals surface area contributed by atoms with E-state index in [0.29, 0.717) is 11.5 Å². The smallest absolute Gasteiger partial charge is 0.379 e. The molecular weight excluding hydrogens is 236 g/mol. The van der Waals surface area contributed by atoms with E-state index in [0.717, 1.165) is 18.2 Å². The maximum absolute atomic E-state index is 11.9. The van der Waals surface area contributed by atoms with Crippen LogP contribution in [0, 0.1) is 13.8 Å². The molecule has 0 aliphatic heterocycles. The molecular formula is C13H16O5. The topological polar surface area (TPSA) is 61.8 Å². The minimum atomic E-state index is -0.932. The maximum Gasteiger partial charge on any atom is 0.379 e. The van der Waals surface area contributed by atoms with Crippen LogP contribution in [-0.4, -0.2) is 33.1 Å². The van der Waals surface area contributed by atoms with Crippen molar-refractivity contribution in [1.29, 1.82) is 0 Å². The first-order valence-electron chi connectivity index (χ1n) is 5.32. The van der Waals surface area contributed by atoms with E-state index in [1.165, 1.54) is 20.3 Å². The zero-order valence-corrected chi connectivity index (χ0v) is 11.1. The van der Waals surface area contributed by atoms with E-state index >= 15 is 0 Å². The van der Waals surface area contributed by atoms with Gasteiger partial charge in [-0.25, -0.2) is 4.79 Å². The van der Waals surface area contributed by atoms with Crippen molar-refractivity contribution in [2.24, 2.45) is 0 Å². The largest absolute Gasteiger partial charge is 0.496 e. The Hall–Kier alpha value is -2.04. The predicted octanol–water partition coefficient (Wildman–Crippen LogP) is 1.68. The number of hydrogen-bond acceptors (Lipinski definition) is 5. The molecule has 18 heavy (non-hydrogen) atoms. The molecule has 0 N–H and O–H groups in total. The second-order valence-corrected chi connectivity index (χ2v) is 3.73. The minimum absolute atomic E-state index is 0.143. The second-order valence-electron chi connectivity index (χ2n) is 3.73. The number of carbonyl (C=O) groups excluding carboxylic acids is 2. The fourth-order valence-electron chi connectivity index (χ4n) is 1.71. The van der Waals surface area contributed by atoms with Crippen molar-refractivity contribution in [3.8, 4) is 11.5 Å². The van der Waals surface area contributed by atoms with E-state index in [1.807, 2.05) is 6.92 Å². The van der Waals surface area contributed by atoms with Gasteiger partial charge in [-0.2, -0.15) is 0 Å². The quantitative estimate of drug-likeness (QED) is 0.463. The third-order valence-corrected chi connectivity index (χ3v) is 2.83. The van der Waals surface area contributed by atoms with Gasteiger partial charge in [0.1, 0.15) is 11.5 Å². The fraction of sp³-hybridized carbons (Fsp3) is 0.385. The summed E-state index contributed by atoms with van der Waals surface area (Å²) in [6.07, 6.45) is 0. The lowest BCUT2D eigenvalue weighted by molar-refractivity contribution is -0.135. The Bertz CT molecular complexity index is 491. The number of rotatable bonds is 4. The highest BCUT2D eigenvalue weighted by Crippen LogP contribution is 2.33. The number of Topliss-reactive ketones (excluding diaryl/α,β-unsaturated/α-hetero) is 1. The SMILES string of the molecule is COC(=O)C(=O)c1cc(OC)c(C)c(C)c1OC. The monoisotopic (exact) mass is 252 g/mol. The summed E-state index contributed by atoms with van der Waals surface area (Å²) < 4.78 is 14.8. The highest BCUT2D eigenvalue weighted by molar-refractivity contribution is 6.41. The molecule has 98 valence electrons. The highest BCUT2D eigenvalue weighted by Gasteiger charge is 2.24. The molecule has 0 atom stereocenters. The van der Waals surface area contributed by atoms with E-state index in [9.17, 15) is 9.59 Å². The Morgan fingerprint density at radius 2 is 1.61 bits per heavy atom. The van der Waals surface area contributed by atoms with E-state index < -0.39 is 11.8 Å². The molecule has 0 fully saturated rings. The Morgan fingerprint density at radius 3 is 2.06 bits per heavy atom. The number of benzene rings is 1. The van der Waals surface area contributed by atoms with Gasteiger partial charge in [0, 0.05) is 0 Å². The standard InChI is InChI=1S/C13H16O5/c1-7-8(2)12(17-4)9(6-10(7)16-3)11(14)13(15)18-5/h6H,1-5H3. The second kappa shape index (κ2) is 5.53. The summed E-state index contributed by atoms with van der Waals surface area (Å²) in [4.78, 5) is 23.2. The molecule has 0 aliphatic rings. The number of methoxy groups -OCH3 is 3. The van der Waals surface area contributed by atoms with Crippen molar-refractivity contribution in [3.63, 3.8) is 0 Å². The fourth-order valence-corrected chi connectivity index (χ4v) is 1.71. The van der Waals surface area contributed by atoms with Crippen molar-refractivity contribution in [1.82, 2.24) is 0 Å². The molecule has 0 amide bonds. The molecule has 0 saturated carbocycles. The lowest BCUT2D eigenvalue weighted by Gasteiger charge is -2.15. The van der Waals surface area contributed by atoms with Gasteiger partial charge in [-0.1, -0.05) is 0 Å². The van der Waals surface area contributed by atoms with E-state index in [2.05, 4.69) is 4.74 Å². The Labute approximate surface area is 106 Å². The van der Waals surface area contributed by atoms with Gasteiger partial charge in [0.2, 0.25) is 0 Å². The molecule has 1 aromatic rings. The normalized spacial score (nSPS) is 9.83. The van der Waals surface area contributed by atoms with Crippen LogP contribution in [0.15, 0.2) is 6.07 Å². The van der Waals surface area contributed by atoms with Crippen molar-refractivity contribution < 1.29 is 23.8 Å². The average Bonchev–Trinajstić information content (AvgIpc) is 2.39. The van der Waals surface area contributed by atoms with Gasteiger partial charge in [0.25, 0.3) is 5.78 Å². The lowest BCUT2D eigenvalue weighted by Crippen LogP contribution is -2.17. The third-order valence-electron chi connectivity index (χ3n) is 2.83. The number of hydrogen-bond donors (Lipinski definition) is 0. The average molecular weight is 252 g/mol. The first kappa shape index (κ1) is 14.0. The number of ether oxygens (including phenoxy) is 3. The van der Waals surface area contributed by atoms with Gasteiger partial charge < -0.3 is 14.2 Å². The van der Waals surface area contributed by atoms with E-state index in [-0.39, 0.29) is 5.56 Å². The third kappa shape index (κ3) is 2.30. The molecule has 0 bridgehead atoms. The van der Waals surface area contributed by atoms with Gasteiger partial charge in [0.05, 0.1) is 26.9 Å². The van der Waals surface area contributed by atoms with Gasteiger partial charge in [-0.15, -0.1) is 0 Å². The van der Waals surface area contributed by atoms with Crippen LogP contribution in [0.4, 0.5) is 0 Å². The Kier molecular flexibility index (Phi) is 4.31. The summed E-state index contributed by atoms with van der Waals surface area (Å²) >= 11 is 0. The molecule has 0 heterocycles. The van der Waals surface area contributed by atoms with Crippen molar-refractivity contribution in [2.75, 3.05) is 21.3 Å². The van der Waals surface area contributed by atoms with Gasteiger partial charge >= 0.3 is 5.97 Å². The van der Waals surface area contributed by atoms with Crippen LogP contribution < -0.4 is 9.47 Å². The van der Waals surface area contributed by atoms with Crippen molar-refractivity contribution in [3.05, 3.63) is 22.8 Å². The summed E-state index contributed by atoms with van der Waals surface area (Å²) in [5, 5.41) is 0. The molecule has 5 nitrogen and oxygen atoms in total. The van der Waals surface area contributed by atoms with Crippen LogP contribution in [0.1, 0.15) is 21.5 Å². The molecule has 0 radical (unpaired) electrons. The molecule has 0 aliphatic carbocycles. The summed E-state index contributed by atoms with van der Waals surface area (Å²) in [6.45, 7) is 3.65. The molecule has 0 saturated heterocycles. The number of ketones is 1. The van der Waals surface area contributed by atoms with Crippen LogP contribution in [0.5, 0.6) is 11.5 Å². The molecule has 0 spiro atoms. The summed E-state index contributed by atoms with van der Waals surface area (Å²) in [5.74, 6) is -0.793. The summed E-state index contributed by atoms with van der Waals surface area (Å²) in [5.41, 5.74) is 1.75. The van der Waals surface area contributed by atoms with Crippen LogP contribution in [0.2, 0.25) is 0 Å². The van der Waals surface area contributed by atoms with Crippen LogP contribution in [-0.2, 0) is 9.53 Å². The van der Waals surface area contributed by atoms with Crippen LogP contribution in [0.25, 0.3) is 0 Å². The van der Waals surface area contributed by atoms with Gasteiger partial charge in [0.15, 0.2) is 0 Å². The zero-order chi connectivity index (χ0) is 13.9. The first-order valence-corrected chi connectivity index (χ1v) is 5.32. The molecule has 0 aromatic heterocycles. The maximum atomic E-state index is 11.9. The summed E-state index contributed by atoms with van der Waals surface area (Å²) in [6, 6.07) is 1.49.